The highest BCUT2D eigenvalue weighted by Gasteiger charge is 2.21. The Balaban J connectivity index is 1.66. The number of aliphatic imine (C=N–C) groups is 1. The SMILES string of the molecule is Cc1cc(CN=C(N)NC2CCOc3ccccc32)on1. The molecule has 1 aromatic carbocycles. The van der Waals surface area contributed by atoms with Crippen molar-refractivity contribution in [3.8, 4) is 5.75 Å². The number of ether oxygens (including phenoxy) is 1. The topological polar surface area (TPSA) is 85.7 Å². The van der Waals surface area contributed by atoms with Gasteiger partial charge in [0.2, 0.25) is 0 Å². The van der Waals surface area contributed by atoms with E-state index in [1.54, 1.807) is 0 Å². The van der Waals surface area contributed by atoms with Gasteiger partial charge in [0.15, 0.2) is 11.7 Å². The van der Waals surface area contributed by atoms with Crippen LogP contribution in [0.2, 0.25) is 0 Å². The highest BCUT2D eigenvalue weighted by Crippen LogP contribution is 2.31. The third-order valence-corrected chi connectivity index (χ3v) is 3.36. The first-order chi connectivity index (χ1) is 10.2. The molecule has 0 amide bonds. The van der Waals surface area contributed by atoms with Crippen molar-refractivity contribution in [3.63, 3.8) is 0 Å². The largest absolute Gasteiger partial charge is 0.493 e. The van der Waals surface area contributed by atoms with E-state index in [0.29, 0.717) is 24.9 Å². The maximum atomic E-state index is 5.95. The van der Waals surface area contributed by atoms with Gasteiger partial charge in [-0.3, -0.25) is 0 Å². The van der Waals surface area contributed by atoms with Crippen LogP contribution in [0.5, 0.6) is 5.75 Å². The molecule has 0 fully saturated rings. The van der Waals surface area contributed by atoms with E-state index in [2.05, 4.69) is 15.5 Å². The van der Waals surface area contributed by atoms with Gasteiger partial charge in [-0.2, -0.15) is 0 Å². The molecule has 6 heteroatoms. The van der Waals surface area contributed by atoms with E-state index in [1.165, 1.54) is 0 Å². The van der Waals surface area contributed by atoms with Gasteiger partial charge in [-0.25, -0.2) is 4.99 Å². The number of hydrogen-bond acceptors (Lipinski definition) is 4. The summed E-state index contributed by atoms with van der Waals surface area (Å²) in [5, 5.41) is 7.06. The van der Waals surface area contributed by atoms with E-state index in [9.17, 15) is 0 Å². The Bertz CT molecular complexity index is 651. The van der Waals surface area contributed by atoms with Gasteiger partial charge in [0.1, 0.15) is 12.3 Å². The first kappa shape index (κ1) is 13.5. The fourth-order valence-electron chi connectivity index (χ4n) is 2.37. The second kappa shape index (κ2) is 5.87. The molecule has 0 spiro atoms. The van der Waals surface area contributed by atoms with Crippen LogP contribution in [-0.2, 0) is 6.54 Å². The molecule has 3 N–H and O–H groups in total. The van der Waals surface area contributed by atoms with Crippen LogP contribution >= 0.6 is 0 Å². The second-order valence-corrected chi connectivity index (χ2v) is 5.01. The van der Waals surface area contributed by atoms with Crippen molar-refractivity contribution in [3.05, 3.63) is 47.3 Å². The Morgan fingerprint density at radius 2 is 2.33 bits per heavy atom. The van der Waals surface area contributed by atoms with Gasteiger partial charge in [-0.05, 0) is 13.0 Å². The van der Waals surface area contributed by atoms with Gasteiger partial charge in [0.05, 0.1) is 18.3 Å². The van der Waals surface area contributed by atoms with E-state index in [0.717, 1.165) is 23.4 Å². The van der Waals surface area contributed by atoms with Crippen molar-refractivity contribution in [2.45, 2.75) is 25.9 Å². The van der Waals surface area contributed by atoms with Crippen LogP contribution < -0.4 is 15.8 Å². The highest BCUT2D eigenvalue weighted by atomic mass is 16.5. The third-order valence-electron chi connectivity index (χ3n) is 3.36. The Kier molecular flexibility index (Phi) is 3.77. The van der Waals surface area contributed by atoms with Crippen molar-refractivity contribution < 1.29 is 9.26 Å². The maximum Gasteiger partial charge on any atom is 0.189 e. The molecule has 0 bridgehead atoms. The summed E-state index contributed by atoms with van der Waals surface area (Å²) in [5.41, 5.74) is 7.90. The third kappa shape index (κ3) is 3.16. The molecule has 1 aliphatic rings. The number of rotatable bonds is 3. The quantitative estimate of drug-likeness (QED) is 0.665. The van der Waals surface area contributed by atoms with Crippen LogP contribution in [0.3, 0.4) is 0 Å². The van der Waals surface area contributed by atoms with Gasteiger partial charge in [-0.1, -0.05) is 23.4 Å². The lowest BCUT2D eigenvalue weighted by molar-refractivity contribution is 0.262. The predicted octanol–water partition coefficient (Wildman–Crippen LogP) is 1.91. The van der Waals surface area contributed by atoms with E-state index >= 15 is 0 Å². The monoisotopic (exact) mass is 286 g/mol. The number of fused-ring (bicyclic) bond motifs is 1. The molecule has 0 saturated carbocycles. The number of aryl methyl sites for hydroxylation is 1. The summed E-state index contributed by atoms with van der Waals surface area (Å²) in [5.74, 6) is 2.00. The lowest BCUT2D eigenvalue weighted by Gasteiger charge is -2.26. The van der Waals surface area contributed by atoms with Crippen molar-refractivity contribution in [2.24, 2.45) is 10.7 Å². The van der Waals surface area contributed by atoms with E-state index < -0.39 is 0 Å². The number of nitrogens with two attached hydrogens (primary N) is 1. The number of benzene rings is 1. The zero-order valence-corrected chi connectivity index (χ0v) is 11.9. The van der Waals surface area contributed by atoms with Crippen LogP contribution in [0.25, 0.3) is 0 Å². The number of para-hydroxylation sites is 1. The molecule has 21 heavy (non-hydrogen) atoms. The van der Waals surface area contributed by atoms with E-state index in [4.69, 9.17) is 15.0 Å². The molecule has 0 aliphatic carbocycles. The van der Waals surface area contributed by atoms with Crippen LogP contribution in [0, 0.1) is 6.92 Å². The Hall–Kier alpha value is -2.50. The number of aromatic nitrogens is 1. The Morgan fingerprint density at radius 1 is 1.48 bits per heavy atom. The summed E-state index contributed by atoms with van der Waals surface area (Å²) in [6.07, 6.45) is 0.856. The summed E-state index contributed by atoms with van der Waals surface area (Å²) in [4.78, 5) is 4.28. The maximum absolute atomic E-state index is 5.95. The summed E-state index contributed by atoms with van der Waals surface area (Å²) < 4.78 is 10.7. The molecule has 3 rings (SSSR count). The molecule has 1 aromatic heterocycles. The smallest absolute Gasteiger partial charge is 0.189 e. The normalized spacial score (nSPS) is 18.0. The minimum absolute atomic E-state index is 0.121. The van der Waals surface area contributed by atoms with Crippen LogP contribution in [0.15, 0.2) is 39.8 Å². The van der Waals surface area contributed by atoms with Gasteiger partial charge in [0.25, 0.3) is 0 Å². The van der Waals surface area contributed by atoms with Crippen molar-refractivity contribution >= 4 is 5.96 Å². The van der Waals surface area contributed by atoms with Gasteiger partial charge >= 0.3 is 0 Å². The first-order valence-corrected chi connectivity index (χ1v) is 6.93. The molecule has 0 saturated heterocycles. The zero-order chi connectivity index (χ0) is 14.7. The van der Waals surface area contributed by atoms with Gasteiger partial charge in [0, 0.05) is 18.1 Å². The average Bonchev–Trinajstić information content (AvgIpc) is 2.91. The lowest BCUT2D eigenvalue weighted by Crippen LogP contribution is -2.37. The molecular formula is C15H18N4O2. The number of guanidine groups is 1. The van der Waals surface area contributed by atoms with Crippen LogP contribution in [-0.4, -0.2) is 17.7 Å². The molecule has 1 unspecified atom stereocenters. The molecule has 2 aromatic rings. The minimum Gasteiger partial charge on any atom is -0.493 e. The second-order valence-electron chi connectivity index (χ2n) is 5.01. The average molecular weight is 286 g/mol. The van der Waals surface area contributed by atoms with Gasteiger partial charge < -0.3 is 20.3 Å². The minimum atomic E-state index is 0.121. The highest BCUT2D eigenvalue weighted by molar-refractivity contribution is 5.78. The summed E-state index contributed by atoms with van der Waals surface area (Å²) in [6.45, 7) is 2.92. The van der Waals surface area contributed by atoms with Crippen LogP contribution in [0.1, 0.15) is 29.5 Å². The van der Waals surface area contributed by atoms with Crippen LogP contribution in [0.4, 0.5) is 0 Å². The molecule has 6 nitrogen and oxygen atoms in total. The lowest BCUT2D eigenvalue weighted by atomic mass is 10.0. The summed E-state index contributed by atoms with van der Waals surface area (Å²) in [7, 11) is 0. The first-order valence-electron chi connectivity index (χ1n) is 6.93. The molecule has 110 valence electrons. The number of nitrogens with zero attached hydrogens (tertiary/aromatic N) is 2. The Morgan fingerprint density at radius 3 is 3.14 bits per heavy atom. The molecule has 2 heterocycles. The number of nitrogens with one attached hydrogen (secondary N) is 1. The zero-order valence-electron chi connectivity index (χ0n) is 11.9. The summed E-state index contributed by atoms with van der Waals surface area (Å²) in [6, 6.07) is 9.93. The number of hydrogen-bond donors (Lipinski definition) is 2. The van der Waals surface area contributed by atoms with E-state index in [-0.39, 0.29) is 6.04 Å². The Labute approximate surface area is 123 Å². The standard InChI is InChI=1S/C15H18N4O2/c1-10-8-11(21-19-10)9-17-15(16)18-13-6-7-20-14-5-3-2-4-12(13)14/h2-5,8,13H,6-7,9H2,1H3,(H3,16,17,18). The van der Waals surface area contributed by atoms with Crippen molar-refractivity contribution in [1.82, 2.24) is 10.5 Å². The molecule has 1 aliphatic heterocycles. The summed E-state index contributed by atoms with van der Waals surface area (Å²) >= 11 is 0. The molecular weight excluding hydrogens is 268 g/mol. The molecule has 1 atom stereocenters. The predicted molar refractivity (Wildman–Crippen MR) is 79.0 cm³/mol. The van der Waals surface area contributed by atoms with E-state index in [1.807, 2.05) is 37.3 Å². The van der Waals surface area contributed by atoms with Crippen molar-refractivity contribution in [2.75, 3.05) is 6.61 Å². The fourth-order valence-corrected chi connectivity index (χ4v) is 2.37. The van der Waals surface area contributed by atoms with Gasteiger partial charge in [-0.15, -0.1) is 0 Å². The van der Waals surface area contributed by atoms with Crippen molar-refractivity contribution in [1.29, 1.82) is 0 Å². The molecule has 0 radical (unpaired) electrons. The fraction of sp³-hybridized carbons (Fsp3) is 0.333.